The Hall–Kier alpha value is -3.69. The van der Waals surface area contributed by atoms with Crippen LogP contribution in [0.25, 0.3) is 5.69 Å². The molecule has 208 valence electrons. The number of nitrogen functional groups attached to an aromatic ring is 1. The van der Waals surface area contributed by atoms with Crippen LogP contribution in [-0.4, -0.2) is 58.2 Å². The zero-order chi connectivity index (χ0) is 27.9. The highest BCUT2D eigenvalue weighted by molar-refractivity contribution is 5.99. The molecule has 0 spiro atoms. The summed E-state index contributed by atoms with van der Waals surface area (Å²) >= 11 is 0. The van der Waals surface area contributed by atoms with Crippen LogP contribution in [0.1, 0.15) is 70.0 Å². The van der Waals surface area contributed by atoms with Gasteiger partial charge < -0.3 is 22.1 Å². The normalized spacial score (nSPS) is 16.9. The summed E-state index contributed by atoms with van der Waals surface area (Å²) in [6, 6.07) is 14.2. The predicted octanol–water partition coefficient (Wildman–Crippen LogP) is 3.32. The molecule has 5 rings (SSSR count). The third-order valence-corrected chi connectivity index (χ3v) is 7.54. The fourth-order valence-electron chi connectivity index (χ4n) is 4.86. The second-order valence-corrected chi connectivity index (χ2v) is 10.4. The van der Waals surface area contributed by atoms with Crippen molar-refractivity contribution in [2.24, 2.45) is 5.73 Å². The fourth-order valence-corrected chi connectivity index (χ4v) is 4.86. The molecule has 2 amide bonds. The fraction of sp³-hybridized carbons (Fsp3) is 0.433. The van der Waals surface area contributed by atoms with Gasteiger partial charge in [-0.15, -0.1) is 0 Å². The number of nitrogens with one attached hydrogen (secondary N) is 2. The van der Waals surface area contributed by atoms with Gasteiger partial charge in [-0.25, -0.2) is 4.68 Å². The molecule has 3 aromatic rings. The van der Waals surface area contributed by atoms with Crippen molar-refractivity contribution in [1.82, 2.24) is 25.3 Å². The average molecular weight is 532 g/mol. The molecule has 1 aromatic heterocycles. The number of aryl methyl sites for hydroxylation is 2. The van der Waals surface area contributed by atoms with E-state index < -0.39 is 0 Å². The van der Waals surface area contributed by atoms with Crippen molar-refractivity contribution < 1.29 is 9.59 Å². The molecule has 39 heavy (non-hydrogen) atoms. The lowest BCUT2D eigenvalue weighted by Gasteiger charge is -2.20. The van der Waals surface area contributed by atoms with Crippen molar-refractivity contribution in [3.8, 4) is 5.69 Å². The van der Waals surface area contributed by atoms with Crippen molar-refractivity contribution in [2.75, 3.05) is 25.4 Å². The maximum Gasteiger partial charge on any atom is 0.256 e. The number of benzene rings is 2. The molecule has 1 saturated carbocycles. The van der Waals surface area contributed by atoms with E-state index in [9.17, 15) is 9.59 Å². The molecule has 2 fully saturated rings. The summed E-state index contributed by atoms with van der Waals surface area (Å²) in [5, 5.41) is 10.2. The molecule has 1 unspecified atom stereocenters. The Kier molecular flexibility index (Phi) is 9.37. The summed E-state index contributed by atoms with van der Waals surface area (Å²) in [6.07, 6.45) is 6.16. The van der Waals surface area contributed by atoms with Gasteiger partial charge in [0.05, 0.1) is 11.9 Å². The van der Waals surface area contributed by atoms with E-state index in [-0.39, 0.29) is 23.7 Å². The van der Waals surface area contributed by atoms with Gasteiger partial charge in [-0.3, -0.25) is 14.5 Å². The van der Waals surface area contributed by atoms with Gasteiger partial charge in [-0.2, -0.15) is 5.10 Å². The molecule has 1 aliphatic heterocycles. The molecule has 0 radical (unpaired) electrons. The summed E-state index contributed by atoms with van der Waals surface area (Å²) in [7, 11) is 0. The Labute approximate surface area is 230 Å². The Balaban J connectivity index is 0.000000333. The quantitative estimate of drug-likeness (QED) is 0.353. The van der Waals surface area contributed by atoms with E-state index in [0.717, 1.165) is 36.1 Å². The van der Waals surface area contributed by atoms with Gasteiger partial charge in [0, 0.05) is 30.7 Å². The molecule has 2 aromatic carbocycles. The first-order valence-corrected chi connectivity index (χ1v) is 13.8. The zero-order valence-corrected chi connectivity index (χ0v) is 23.2. The molecule has 2 aliphatic rings. The molecule has 1 aliphatic carbocycles. The van der Waals surface area contributed by atoms with Crippen LogP contribution in [0.5, 0.6) is 0 Å². The number of anilines is 1. The standard InChI is InChI=1S/C23H25N5O2.C7H16N2/c1-14-5-3-4-6-17(14)12-25-23(30)19-13-26-28(21(19)24)20-11-16(8-7-15(20)2)22(29)27-18-9-10-18;1-2-9-5-3-4-7(9)6-8/h3-8,11,13,18H,9-10,12,24H2,1-2H3,(H,25,30)(H,27,29);7H,2-6,8H2,1H3. The van der Waals surface area contributed by atoms with E-state index in [1.165, 1.54) is 36.8 Å². The van der Waals surface area contributed by atoms with Crippen LogP contribution in [0.15, 0.2) is 48.7 Å². The smallest absolute Gasteiger partial charge is 0.256 e. The van der Waals surface area contributed by atoms with E-state index in [1.54, 1.807) is 12.1 Å². The van der Waals surface area contributed by atoms with Gasteiger partial charge in [-0.1, -0.05) is 37.3 Å². The molecule has 2 heterocycles. The number of nitrogens with zero attached hydrogens (tertiary/aromatic N) is 3. The minimum atomic E-state index is -0.290. The number of hydrogen-bond donors (Lipinski definition) is 4. The minimum absolute atomic E-state index is 0.110. The first kappa shape index (κ1) is 28.3. The first-order valence-electron chi connectivity index (χ1n) is 13.8. The van der Waals surface area contributed by atoms with Gasteiger partial charge in [0.25, 0.3) is 11.8 Å². The molecule has 9 nitrogen and oxygen atoms in total. The highest BCUT2D eigenvalue weighted by Gasteiger charge is 2.24. The number of amides is 2. The number of aromatic nitrogens is 2. The van der Waals surface area contributed by atoms with Gasteiger partial charge in [0.1, 0.15) is 11.4 Å². The van der Waals surface area contributed by atoms with Crippen LogP contribution in [-0.2, 0) is 6.54 Å². The summed E-state index contributed by atoms with van der Waals surface area (Å²) in [5.74, 6) is -0.164. The Morgan fingerprint density at radius 3 is 2.49 bits per heavy atom. The lowest BCUT2D eigenvalue weighted by Crippen LogP contribution is -2.34. The summed E-state index contributed by atoms with van der Waals surface area (Å²) < 4.78 is 1.51. The number of carbonyl (C=O) groups is 2. The van der Waals surface area contributed by atoms with Crippen LogP contribution in [0.3, 0.4) is 0 Å². The van der Waals surface area contributed by atoms with E-state index in [0.29, 0.717) is 29.4 Å². The molecule has 0 bridgehead atoms. The number of nitrogens with two attached hydrogens (primary N) is 2. The van der Waals surface area contributed by atoms with Gasteiger partial charge in [-0.05, 0) is 81.4 Å². The number of likely N-dealkylation sites (tertiary alicyclic amines) is 1. The Morgan fingerprint density at radius 1 is 1.05 bits per heavy atom. The van der Waals surface area contributed by atoms with Gasteiger partial charge in [0.2, 0.25) is 0 Å². The molecule has 6 N–H and O–H groups in total. The topological polar surface area (TPSA) is 131 Å². The third kappa shape index (κ3) is 7.04. The number of hydrogen-bond acceptors (Lipinski definition) is 6. The van der Waals surface area contributed by atoms with Crippen LogP contribution < -0.4 is 22.1 Å². The number of likely N-dealkylation sites (N-methyl/N-ethyl adjacent to an activating group) is 1. The van der Waals surface area contributed by atoms with E-state index in [1.807, 2.05) is 44.2 Å². The first-order chi connectivity index (χ1) is 18.8. The van der Waals surface area contributed by atoms with E-state index in [4.69, 9.17) is 11.5 Å². The van der Waals surface area contributed by atoms with E-state index >= 15 is 0 Å². The van der Waals surface area contributed by atoms with Crippen LogP contribution >= 0.6 is 0 Å². The van der Waals surface area contributed by atoms with Crippen molar-refractivity contribution in [3.63, 3.8) is 0 Å². The minimum Gasteiger partial charge on any atom is -0.383 e. The molecular weight excluding hydrogens is 490 g/mol. The second-order valence-electron chi connectivity index (χ2n) is 10.4. The predicted molar refractivity (Wildman–Crippen MR) is 155 cm³/mol. The summed E-state index contributed by atoms with van der Waals surface area (Å²) in [6.45, 7) is 9.80. The van der Waals surface area contributed by atoms with Gasteiger partial charge in [0.15, 0.2) is 0 Å². The van der Waals surface area contributed by atoms with Crippen molar-refractivity contribution in [3.05, 3.63) is 76.5 Å². The molecule has 1 saturated heterocycles. The third-order valence-electron chi connectivity index (χ3n) is 7.54. The largest absolute Gasteiger partial charge is 0.383 e. The Bertz CT molecular complexity index is 1290. The molecule has 1 atom stereocenters. The maximum absolute atomic E-state index is 12.7. The van der Waals surface area contributed by atoms with Crippen molar-refractivity contribution in [1.29, 1.82) is 0 Å². The summed E-state index contributed by atoms with van der Waals surface area (Å²) in [4.78, 5) is 27.5. The second kappa shape index (κ2) is 12.9. The maximum atomic E-state index is 12.7. The summed E-state index contributed by atoms with van der Waals surface area (Å²) in [5.41, 5.74) is 16.4. The van der Waals surface area contributed by atoms with Crippen LogP contribution in [0, 0.1) is 13.8 Å². The lowest BCUT2D eigenvalue weighted by molar-refractivity contribution is 0.0943. The van der Waals surface area contributed by atoms with E-state index in [2.05, 4.69) is 27.6 Å². The Morgan fingerprint density at radius 2 is 1.82 bits per heavy atom. The SMILES string of the molecule is CCN1CCCC1CN.Cc1ccccc1CNC(=O)c1cnn(-c2cc(C(=O)NC3CC3)ccc2C)c1N. The van der Waals surface area contributed by atoms with Crippen molar-refractivity contribution in [2.45, 2.75) is 65.1 Å². The number of carbonyl (C=O) groups excluding carboxylic acids is 2. The zero-order valence-electron chi connectivity index (χ0n) is 23.2. The monoisotopic (exact) mass is 531 g/mol. The number of rotatable bonds is 8. The van der Waals surface area contributed by atoms with Crippen LogP contribution in [0.2, 0.25) is 0 Å². The van der Waals surface area contributed by atoms with Gasteiger partial charge >= 0.3 is 0 Å². The van der Waals surface area contributed by atoms with Crippen molar-refractivity contribution >= 4 is 17.6 Å². The lowest BCUT2D eigenvalue weighted by atomic mass is 10.1. The highest BCUT2D eigenvalue weighted by atomic mass is 16.2. The average Bonchev–Trinajstić information content (AvgIpc) is 3.48. The van der Waals surface area contributed by atoms with Crippen LogP contribution in [0.4, 0.5) is 5.82 Å². The highest BCUT2D eigenvalue weighted by Crippen LogP contribution is 2.23. The molecule has 9 heteroatoms. The molecular formula is C30H41N7O2.